The highest BCUT2D eigenvalue weighted by Gasteiger charge is 2.33. The summed E-state index contributed by atoms with van der Waals surface area (Å²) < 4.78 is 0. The van der Waals surface area contributed by atoms with Gasteiger partial charge in [0.05, 0.1) is 12.4 Å². The second kappa shape index (κ2) is 14.8. The molecular weight excluding hydrogens is 544 g/mol. The van der Waals surface area contributed by atoms with E-state index in [-0.39, 0.29) is 31.6 Å². The van der Waals surface area contributed by atoms with Crippen molar-refractivity contribution < 1.29 is 29.1 Å². The molecule has 14 nitrogen and oxygen atoms in total. The number of aliphatic carboxylic acids is 1. The average molecular weight is 583 g/mol. The molecule has 0 fully saturated rings. The zero-order valence-corrected chi connectivity index (χ0v) is 23.6. The third-order valence-electron chi connectivity index (χ3n) is 7.15. The smallest absolute Gasteiger partial charge is 0.326 e. The van der Waals surface area contributed by atoms with Gasteiger partial charge in [-0.25, -0.2) is 9.78 Å². The van der Waals surface area contributed by atoms with Crippen LogP contribution in [0.2, 0.25) is 0 Å². The first-order valence-corrected chi connectivity index (χ1v) is 13.7. The van der Waals surface area contributed by atoms with Crippen LogP contribution < -0.4 is 27.4 Å². The van der Waals surface area contributed by atoms with E-state index in [9.17, 15) is 29.1 Å². The minimum atomic E-state index is -1.32. The molecule has 42 heavy (non-hydrogen) atoms. The number of carboxylic acid groups (broad SMARTS) is 1. The Balaban J connectivity index is 1.74. The molecule has 0 spiro atoms. The lowest BCUT2D eigenvalue weighted by Gasteiger charge is -2.28. The number of hydrogen-bond acceptors (Lipinski definition) is 7. The van der Waals surface area contributed by atoms with Gasteiger partial charge >= 0.3 is 5.97 Å². The Kier molecular flexibility index (Phi) is 11.2. The summed E-state index contributed by atoms with van der Waals surface area (Å²) in [7, 11) is 0. The van der Waals surface area contributed by atoms with Crippen molar-refractivity contribution in [2.45, 2.75) is 70.1 Å². The number of benzene rings is 1. The summed E-state index contributed by atoms with van der Waals surface area (Å²) in [5.74, 6) is -4.38. The van der Waals surface area contributed by atoms with E-state index in [1.165, 1.54) is 12.5 Å². The maximum Gasteiger partial charge on any atom is 0.326 e. The van der Waals surface area contributed by atoms with E-state index >= 15 is 0 Å². The quantitative estimate of drug-likeness (QED) is 0.113. The van der Waals surface area contributed by atoms with E-state index in [4.69, 9.17) is 11.5 Å². The van der Waals surface area contributed by atoms with Crippen molar-refractivity contribution in [2.75, 3.05) is 0 Å². The summed E-state index contributed by atoms with van der Waals surface area (Å²) >= 11 is 0. The number of amides is 4. The van der Waals surface area contributed by atoms with E-state index in [0.717, 1.165) is 10.9 Å². The summed E-state index contributed by atoms with van der Waals surface area (Å²) in [6.07, 6.45) is 4.91. The van der Waals surface area contributed by atoms with E-state index < -0.39 is 53.8 Å². The maximum atomic E-state index is 13.4. The second-order valence-corrected chi connectivity index (χ2v) is 10.3. The van der Waals surface area contributed by atoms with Crippen molar-refractivity contribution in [3.8, 4) is 0 Å². The Morgan fingerprint density at radius 3 is 2.33 bits per heavy atom. The first-order valence-electron chi connectivity index (χ1n) is 13.7. The number of H-pyrrole nitrogens is 2. The highest BCUT2D eigenvalue weighted by molar-refractivity contribution is 5.95. The number of aromatic nitrogens is 3. The molecule has 10 N–H and O–H groups in total. The average Bonchev–Trinajstić information content (AvgIpc) is 3.62. The lowest BCUT2D eigenvalue weighted by atomic mass is 9.96. The van der Waals surface area contributed by atoms with E-state index in [2.05, 4.69) is 30.9 Å². The number of carboxylic acids is 1. The highest BCUT2D eigenvalue weighted by Crippen LogP contribution is 2.19. The number of nitrogens with one attached hydrogen (secondary N) is 5. The number of nitrogens with zero attached hydrogens (tertiary/aromatic N) is 1. The number of carbonyl (C=O) groups is 5. The number of rotatable bonds is 16. The Hall–Kier alpha value is -4.72. The van der Waals surface area contributed by atoms with Crippen LogP contribution >= 0.6 is 0 Å². The van der Waals surface area contributed by atoms with Crippen LogP contribution in [-0.4, -0.2) is 73.8 Å². The van der Waals surface area contributed by atoms with Crippen molar-refractivity contribution in [1.82, 2.24) is 30.9 Å². The van der Waals surface area contributed by atoms with Crippen molar-refractivity contribution in [1.29, 1.82) is 0 Å². The molecule has 0 aliphatic heterocycles. The molecule has 0 saturated carbocycles. The fourth-order valence-corrected chi connectivity index (χ4v) is 4.50. The fourth-order valence-electron chi connectivity index (χ4n) is 4.50. The summed E-state index contributed by atoms with van der Waals surface area (Å²) in [5, 5.41) is 18.4. The molecule has 1 aromatic carbocycles. The van der Waals surface area contributed by atoms with Crippen LogP contribution in [0, 0.1) is 5.92 Å². The molecule has 226 valence electrons. The molecule has 4 amide bonds. The third-order valence-corrected chi connectivity index (χ3v) is 7.15. The Bertz CT molecular complexity index is 1390. The molecule has 14 heteroatoms. The lowest BCUT2D eigenvalue weighted by Crippen LogP contribution is -2.59. The molecular formula is C28H38N8O6. The molecule has 0 radical (unpaired) electrons. The predicted molar refractivity (Wildman–Crippen MR) is 154 cm³/mol. The number of aromatic amines is 2. The van der Waals surface area contributed by atoms with E-state index in [1.807, 2.05) is 31.2 Å². The molecule has 0 saturated heterocycles. The molecule has 0 bridgehead atoms. The van der Waals surface area contributed by atoms with Crippen molar-refractivity contribution >= 4 is 40.5 Å². The Morgan fingerprint density at radius 1 is 0.976 bits per heavy atom. The Morgan fingerprint density at radius 2 is 1.69 bits per heavy atom. The summed E-state index contributed by atoms with van der Waals surface area (Å²) in [4.78, 5) is 73.0. The number of carbonyl (C=O) groups excluding carboxylic acids is 4. The van der Waals surface area contributed by atoms with Crippen molar-refractivity contribution in [3.05, 3.63) is 54.2 Å². The SMILES string of the molecule is CCC(C)C(NC(=O)C(N)Cc1cnc[nH]1)C(=O)NC(CCC(N)=O)C(=O)NC(Cc1c[nH]c2ccccc12)C(=O)O. The predicted octanol–water partition coefficient (Wildman–Crippen LogP) is -0.146. The lowest BCUT2D eigenvalue weighted by molar-refractivity contribution is -0.142. The summed E-state index contributed by atoms with van der Waals surface area (Å²) in [6, 6.07) is 2.70. The number of imidazole rings is 1. The van der Waals surface area contributed by atoms with Crippen LogP contribution in [0.3, 0.4) is 0 Å². The van der Waals surface area contributed by atoms with Crippen LogP contribution in [0.5, 0.6) is 0 Å². The van der Waals surface area contributed by atoms with Gasteiger partial charge in [0.15, 0.2) is 0 Å². The van der Waals surface area contributed by atoms with Gasteiger partial charge in [-0.2, -0.15) is 0 Å². The van der Waals surface area contributed by atoms with Gasteiger partial charge in [-0.1, -0.05) is 38.5 Å². The van der Waals surface area contributed by atoms with Gasteiger partial charge in [-0.3, -0.25) is 19.2 Å². The minimum absolute atomic E-state index is 0.0264. The van der Waals surface area contributed by atoms with Crippen LogP contribution in [0.1, 0.15) is 44.4 Å². The van der Waals surface area contributed by atoms with Gasteiger partial charge in [0.2, 0.25) is 23.6 Å². The number of para-hydroxylation sites is 1. The Labute approximate surface area is 242 Å². The zero-order valence-electron chi connectivity index (χ0n) is 23.6. The van der Waals surface area contributed by atoms with Crippen LogP contribution in [0.15, 0.2) is 43.0 Å². The van der Waals surface area contributed by atoms with Crippen molar-refractivity contribution in [2.24, 2.45) is 17.4 Å². The molecule has 0 aliphatic rings. The monoisotopic (exact) mass is 582 g/mol. The zero-order chi connectivity index (χ0) is 30.8. The van der Waals surface area contributed by atoms with E-state index in [1.54, 1.807) is 13.1 Å². The van der Waals surface area contributed by atoms with Gasteiger partial charge in [0.1, 0.15) is 18.1 Å². The number of nitrogens with two attached hydrogens (primary N) is 2. The largest absolute Gasteiger partial charge is 0.480 e. The van der Waals surface area contributed by atoms with Crippen LogP contribution in [0.4, 0.5) is 0 Å². The molecule has 5 atom stereocenters. The van der Waals surface area contributed by atoms with Gasteiger partial charge in [0, 0.05) is 48.3 Å². The molecule has 3 rings (SSSR count). The first kappa shape index (κ1) is 31.8. The third kappa shape index (κ3) is 8.64. The second-order valence-electron chi connectivity index (χ2n) is 10.3. The van der Waals surface area contributed by atoms with E-state index in [0.29, 0.717) is 17.7 Å². The van der Waals surface area contributed by atoms with Crippen LogP contribution in [-0.2, 0) is 36.8 Å². The molecule has 0 aliphatic carbocycles. The maximum absolute atomic E-state index is 13.4. The summed E-state index contributed by atoms with van der Waals surface area (Å²) in [6.45, 7) is 3.59. The number of primary amides is 1. The topological polar surface area (TPSA) is 238 Å². The van der Waals surface area contributed by atoms with Gasteiger partial charge in [0.25, 0.3) is 0 Å². The number of fused-ring (bicyclic) bond motifs is 1. The molecule has 5 unspecified atom stereocenters. The first-order chi connectivity index (χ1) is 20.0. The van der Waals surface area contributed by atoms with Crippen molar-refractivity contribution in [3.63, 3.8) is 0 Å². The molecule has 3 aromatic rings. The fraction of sp³-hybridized carbons (Fsp3) is 0.429. The van der Waals surface area contributed by atoms with Gasteiger partial charge in [-0.05, 0) is 24.0 Å². The highest BCUT2D eigenvalue weighted by atomic mass is 16.4. The summed E-state index contributed by atoms with van der Waals surface area (Å²) in [5.41, 5.74) is 13.5. The molecule has 2 heterocycles. The standard InChI is InChI=1S/C28H38N8O6/c1-3-15(2)24(36-25(38)19(29)11-17-13-31-14-33-17)27(40)34-21(8-9-23(30)37)26(39)35-22(28(41)42)10-16-12-32-20-7-5-4-6-18(16)20/h4-7,12-15,19,21-22,24,32H,3,8-11,29H2,1-2H3,(H2,30,37)(H,31,33)(H,34,40)(H,35,39)(H,36,38)(H,41,42). The van der Waals surface area contributed by atoms with Gasteiger partial charge < -0.3 is 42.5 Å². The minimum Gasteiger partial charge on any atom is -0.480 e. The van der Waals surface area contributed by atoms with Crippen LogP contribution in [0.25, 0.3) is 10.9 Å². The normalized spacial score (nSPS) is 14.7. The number of hydrogen-bond donors (Lipinski definition) is 8. The van der Waals surface area contributed by atoms with Gasteiger partial charge in [-0.15, -0.1) is 0 Å². The molecule has 2 aromatic heterocycles.